The standard InChI is InChI=1S/C13H17ClN2O3/c1-4-8(2)16(3)13(19)15-9-5-6-10(12(17)18)11(14)7-9/h5-8H,4H2,1-3H3,(H,15,19)(H,17,18). The van der Waals surface area contributed by atoms with Gasteiger partial charge in [0.25, 0.3) is 0 Å². The molecule has 6 heteroatoms. The minimum Gasteiger partial charge on any atom is -0.478 e. The number of nitrogens with one attached hydrogen (secondary N) is 1. The number of carboxylic acid groups (broad SMARTS) is 1. The van der Waals surface area contributed by atoms with Gasteiger partial charge in [-0.25, -0.2) is 9.59 Å². The third kappa shape index (κ3) is 3.86. The van der Waals surface area contributed by atoms with Crippen LogP contribution in [0.3, 0.4) is 0 Å². The molecular weight excluding hydrogens is 268 g/mol. The minimum atomic E-state index is -1.10. The van der Waals surface area contributed by atoms with Crippen LogP contribution < -0.4 is 5.32 Å². The van der Waals surface area contributed by atoms with Crippen LogP contribution in [-0.4, -0.2) is 35.1 Å². The maximum atomic E-state index is 11.9. The molecule has 1 unspecified atom stereocenters. The minimum absolute atomic E-state index is 0.00921. The smallest absolute Gasteiger partial charge is 0.337 e. The first-order valence-corrected chi connectivity index (χ1v) is 6.31. The van der Waals surface area contributed by atoms with E-state index >= 15 is 0 Å². The number of anilines is 1. The van der Waals surface area contributed by atoms with Crippen LogP contribution in [0.2, 0.25) is 5.02 Å². The fraction of sp³-hybridized carbons (Fsp3) is 0.385. The summed E-state index contributed by atoms with van der Waals surface area (Å²) in [7, 11) is 1.71. The first-order valence-electron chi connectivity index (χ1n) is 5.93. The molecule has 0 saturated carbocycles. The molecule has 0 aliphatic rings. The van der Waals surface area contributed by atoms with Gasteiger partial charge in [0.1, 0.15) is 0 Å². The number of nitrogens with zero attached hydrogens (tertiary/aromatic N) is 1. The number of amides is 2. The van der Waals surface area contributed by atoms with Gasteiger partial charge in [-0.3, -0.25) is 0 Å². The van der Waals surface area contributed by atoms with Crippen molar-refractivity contribution < 1.29 is 14.7 Å². The molecule has 1 aromatic rings. The molecule has 1 rings (SSSR count). The zero-order valence-corrected chi connectivity index (χ0v) is 11.9. The van der Waals surface area contributed by atoms with E-state index in [1.54, 1.807) is 11.9 Å². The molecule has 1 aromatic carbocycles. The summed E-state index contributed by atoms with van der Waals surface area (Å²) in [5.74, 6) is -1.10. The Balaban J connectivity index is 2.81. The van der Waals surface area contributed by atoms with Crippen molar-refractivity contribution in [2.24, 2.45) is 0 Å². The van der Waals surface area contributed by atoms with Gasteiger partial charge in [0.05, 0.1) is 10.6 Å². The van der Waals surface area contributed by atoms with Crippen molar-refractivity contribution in [3.05, 3.63) is 28.8 Å². The van der Waals surface area contributed by atoms with Crippen molar-refractivity contribution in [1.82, 2.24) is 4.90 Å². The van der Waals surface area contributed by atoms with Crippen LogP contribution in [0.5, 0.6) is 0 Å². The lowest BCUT2D eigenvalue weighted by Gasteiger charge is -2.24. The molecule has 19 heavy (non-hydrogen) atoms. The highest BCUT2D eigenvalue weighted by Gasteiger charge is 2.15. The number of rotatable bonds is 4. The molecule has 2 amide bonds. The van der Waals surface area contributed by atoms with E-state index < -0.39 is 5.97 Å². The van der Waals surface area contributed by atoms with E-state index in [2.05, 4.69) is 5.32 Å². The molecule has 1 atom stereocenters. The third-order valence-corrected chi connectivity index (χ3v) is 3.34. The molecule has 2 N–H and O–H groups in total. The average molecular weight is 285 g/mol. The number of hydrogen-bond donors (Lipinski definition) is 2. The number of aromatic carboxylic acids is 1. The van der Waals surface area contributed by atoms with Gasteiger partial charge in [0.15, 0.2) is 0 Å². The van der Waals surface area contributed by atoms with Crippen LogP contribution in [0, 0.1) is 0 Å². The average Bonchev–Trinajstić information content (AvgIpc) is 2.36. The predicted octanol–water partition coefficient (Wildman–Crippen LogP) is 3.30. The van der Waals surface area contributed by atoms with E-state index in [4.69, 9.17) is 16.7 Å². The summed E-state index contributed by atoms with van der Waals surface area (Å²) in [4.78, 5) is 24.3. The van der Waals surface area contributed by atoms with Crippen LogP contribution in [0.1, 0.15) is 30.6 Å². The number of carboxylic acids is 1. The summed E-state index contributed by atoms with van der Waals surface area (Å²) in [6, 6.07) is 4.16. The lowest BCUT2D eigenvalue weighted by Crippen LogP contribution is -2.37. The number of carbonyl (C=O) groups excluding carboxylic acids is 1. The van der Waals surface area contributed by atoms with E-state index in [1.165, 1.54) is 18.2 Å². The molecule has 5 nitrogen and oxygen atoms in total. The van der Waals surface area contributed by atoms with Gasteiger partial charge in [-0.2, -0.15) is 0 Å². The van der Waals surface area contributed by atoms with Gasteiger partial charge < -0.3 is 15.3 Å². The molecule has 0 fully saturated rings. The van der Waals surface area contributed by atoms with Crippen molar-refractivity contribution in [1.29, 1.82) is 0 Å². The number of benzene rings is 1. The highest BCUT2D eigenvalue weighted by atomic mass is 35.5. The van der Waals surface area contributed by atoms with E-state index in [0.29, 0.717) is 5.69 Å². The molecule has 0 saturated heterocycles. The molecule has 0 heterocycles. The Morgan fingerprint density at radius 3 is 2.58 bits per heavy atom. The van der Waals surface area contributed by atoms with Gasteiger partial charge in [-0.15, -0.1) is 0 Å². The quantitative estimate of drug-likeness (QED) is 0.891. The Labute approximate surface area is 117 Å². The van der Waals surface area contributed by atoms with Crippen LogP contribution in [-0.2, 0) is 0 Å². The molecule has 0 aromatic heterocycles. The fourth-order valence-electron chi connectivity index (χ4n) is 1.45. The summed E-state index contributed by atoms with van der Waals surface area (Å²) in [6.45, 7) is 3.94. The highest BCUT2D eigenvalue weighted by molar-refractivity contribution is 6.33. The van der Waals surface area contributed by atoms with E-state index in [-0.39, 0.29) is 22.7 Å². The molecule has 0 radical (unpaired) electrons. The van der Waals surface area contributed by atoms with Gasteiger partial charge in [0, 0.05) is 18.8 Å². The van der Waals surface area contributed by atoms with Crippen molar-refractivity contribution in [3.63, 3.8) is 0 Å². The maximum Gasteiger partial charge on any atom is 0.337 e. The first kappa shape index (κ1) is 15.3. The molecule has 0 spiro atoms. The number of urea groups is 1. The fourth-order valence-corrected chi connectivity index (χ4v) is 1.71. The molecule has 0 aliphatic heterocycles. The largest absolute Gasteiger partial charge is 0.478 e. The second kappa shape index (κ2) is 6.43. The third-order valence-electron chi connectivity index (χ3n) is 3.02. The number of halogens is 1. The Morgan fingerprint density at radius 2 is 2.11 bits per heavy atom. The summed E-state index contributed by atoms with van der Waals surface area (Å²) in [5.41, 5.74) is 0.477. The Hall–Kier alpha value is -1.75. The number of hydrogen-bond acceptors (Lipinski definition) is 2. The van der Waals surface area contributed by atoms with Crippen molar-refractivity contribution in [3.8, 4) is 0 Å². The van der Waals surface area contributed by atoms with Crippen molar-refractivity contribution in [2.45, 2.75) is 26.3 Å². The normalized spacial score (nSPS) is 11.8. The van der Waals surface area contributed by atoms with Crippen molar-refractivity contribution >= 4 is 29.3 Å². The summed E-state index contributed by atoms with van der Waals surface area (Å²) in [5, 5.41) is 11.6. The topological polar surface area (TPSA) is 69.6 Å². The monoisotopic (exact) mass is 284 g/mol. The van der Waals surface area contributed by atoms with Crippen LogP contribution >= 0.6 is 11.6 Å². The maximum absolute atomic E-state index is 11.9. The van der Waals surface area contributed by atoms with Gasteiger partial charge in [-0.05, 0) is 31.5 Å². The zero-order valence-electron chi connectivity index (χ0n) is 11.1. The zero-order chi connectivity index (χ0) is 14.6. The van der Waals surface area contributed by atoms with E-state index in [1.807, 2.05) is 13.8 Å². The van der Waals surface area contributed by atoms with Crippen LogP contribution in [0.4, 0.5) is 10.5 Å². The lowest BCUT2D eigenvalue weighted by atomic mass is 10.2. The first-order chi connectivity index (χ1) is 8.86. The summed E-state index contributed by atoms with van der Waals surface area (Å²) < 4.78 is 0. The van der Waals surface area contributed by atoms with E-state index in [9.17, 15) is 9.59 Å². The van der Waals surface area contributed by atoms with Crippen molar-refractivity contribution in [2.75, 3.05) is 12.4 Å². The van der Waals surface area contributed by atoms with Gasteiger partial charge in [0.2, 0.25) is 0 Å². The summed E-state index contributed by atoms with van der Waals surface area (Å²) in [6.07, 6.45) is 0.850. The molecular formula is C13H17ClN2O3. The number of carbonyl (C=O) groups is 2. The Kier molecular flexibility index (Phi) is 5.18. The summed E-state index contributed by atoms with van der Waals surface area (Å²) >= 11 is 5.83. The SMILES string of the molecule is CCC(C)N(C)C(=O)Nc1ccc(C(=O)O)c(Cl)c1. The van der Waals surface area contributed by atoms with Crippen LogP contribution in [0.25, 0.3) is 0 Å². The highest BCUT2D eigenvalue weighted by Crippen LogP contribution is 2.21. The molecule has 0 bridgehead atoms. The second-order valence-corrected chi connectivity index (χ2v) is 4.71. The predicted molar refractivity (Wildman–Crippen MR) is 74.9 cm³/mol. The van der Waals surface area contributed by atoms with E-state index in [0.717, 1.165) is 6.42 Å². The Bertz CT molecular complexity index is 491. The second-order valence-electron chi connectivity index (χ2n) is 4.30. The van der Waals surface area contributed by atoms with Gasteiger partial charge in [-0.1, -0.05) is 18.5 Å². The van der Waals surface area contributed by atoms with Crippen LogP contribution in [0.15, 0.2) is 18.2 Å². The van der Waals surface area contributed by atoms with Gasteiger partial charge >= 0.3 is 12.0 Å². The molecule has 104 valence electrons. The molecule has 0 aliphatic carbocycles. The lowest BCUT2D eigenvalue weighted by molar-refractivity contribution is 0.0697. The Morgan fingerprint density at radius 1 is 1.47 bits per heavy atom.